The lowest BCUT2D eigenvalue weighted by Crippen LogP contribution is -2.33. The number of hydrogen-bond acceptors (Lipinski definition) is 3. The van der Waals surface area contributed by atoms with Crippen molar-refractivity contribution >= 4 is 41.5 Å². The molecule has 2 N–H and O–H groups in total. The molecule has 6 heteroatoms. The molecule has 1 aliphatic rings. The van der Waals surface area contributed by atoms with Gasteiger partial charge in [0.25, 0.3) is 0 Å². The van der Waals surface area contributed by atoms with Gasteiger partial charge in [-0.1, -0.05) is 17.7 Å². The van der Waals surface area contributed by atoms with Crippen LogP contribution in [0.5, 0.6) is 0 Å². The molecular weight excluding hydrogens is 343 g/mol. The molecule has 16 heavy (non-hydrogen) atoms. The number of nitrogens with zero attached hydrogens (tertiary/aromatic N) is 1. The summed E-state index contributed by atoms with van der Waals surface area (Å²) in [5.74, 6) is 0.377. The molecule has 0 radical (unpaired) electrons. The van der Waals surface area contributed by atoms with E-state index in [9.17, 15) is 4.39 Å². The maximum Gasteiger partial charge on any atom is 0.191 e. The topological polar surface area (TPSA) is 36.4 Å². The van der Waals surface area contributed by atoms with Crippen molar-refractivity contribution in [3.63, 3.8) is 0 Å². The van der Waals surface area contributed by atoms with Gasteiger partial charge >= 0.3 is 0 Å². The summed E-state index contributed by atoms with van der Waals surface area (Å²) in [5, 5.41) is 6.29. The summed E-state index contributed by atoms with van der Waals surface area (Å²) in [6, 6.07) is 4.76. The van der Waals surface area contributed by atoms with E-state index in [4.69, 9.17) is 11.6 Å². The van der Waals surface area contributed by atoms with Crippen LogP contribution in [0.25, 0.3) is 0 Å². The van der Waals surface area contributed by atoms with E-state index in [-0.39, 0.29) is 29.0 Å². The third kappa shape index (κ3) is 3.48. The van der Waals surface area contributed by atoms with Crippen molar-refractivity contribution in [2.45, 2.75) is 6.54 Å². The number of hydrogen-bond donors (Lipinski definition) is 2. The van der Waals surface area contributed by atoms with Gasteiger partial charge in [0.2, 0.25) is 0 Å². The number of rotatable bonds is 2. The molecule has 88 valence electrons. The summed E-state index contributed by atoms with van der Waals surface area (Å²) in [7, 11) is 0. The van der Waals surface area contributed by atoms with Crippen LogP contribution in [0.1, 0.15) is 5.56 Å². The first kappa shape index (κ1) is 13.5. The van der Waals surface area contributed by atoms with Crippen molar-refractivity contribution in [2.24, 2.45) is 4.99 Å². The number of nitrogens with one attached hydrogen (secondary N) is 2. The van der Waals surface area contributed by atoms with Crippen molar-refractivity contribution in [2.75, 3.05) is 13.1 Å². The molecule has 0 saturated carbocycles. The van der Waals surface area contributed by atoms with Gasteiger partial charge in [0.15, 0.2) is 5.96 Å². The Kier molecular flexibility index (Phi) is 5.27. The Morgan fingerprint density at radius 1 is 1.50 bits per heavy atom. The number of aliphatic imine (C=N–C) groups is 1. The Bertz CT molecular complexity index is 398. The van der Waals surface area contributed by atoms with E-state index < -0.39 is 5.82 Å². The maximum absolute atomic E-state index is 13.1. The van der Waals surface area contributed by atoms with Crippen LogP contribution in [0.3, 0.4) is 0 Å². The quantitative estimate of drug-likeness (QED) is 0.798. The fourth-order valence-corrected chi connectivity index (χ4v) is 1.47. The van der Waals surface area contributed by atoms with Crippen LogP contribution in [0.15, 0.2) is 23.2 Å². The van der Waals surface area contributed by atoms with Gasteiger partial charge < -0.3 is 10.6 Å². The molecule has 0 saturated heterocycles. The molecule has 1 aliphatic heterocycles. The minimum Gasteiger partial charge on any atom is -0.355 e. The summed E-state index contributed by atoms with van der Waals surface area (Å²) < 4.78 is 13.1. The lowest BCUT2D eigenvalue weighted by Gasteiger charge is -2.06. The van der Waals surface area contributed by atoms with Gasteiger partial charge in [-0.05, 0) is 17.7 Å². The summed E-state index contributed by atoms with van der Waals surface area (Å²) >= 11 is 5.58. The van der Waals surface area contributed by atoms with Crippen molar-refractivity contribution in [3.05, 3.63) is 34.6 Å². The first-order chi connectivity index (χ1) is 7.25. The van der Waals surface area contributed by atoms with Crippen LogP contribution >= 0.6 is 35.6 Å². The Balaban J connectivity index is 0.00000128. The average molecular weight is 356 g/mol. The number of benzene rings is 1. The molecule has 2 rings (SSSR count). The molecule has 0 unspecified atom stereocenters. The predicted molar refractivity (Wildman–Crippen MR) is 74.0 cm³/mol. The SMILES string of the molecule is Fc1cc(CNC2=NCCN2)ccc1Cl.I. The molecule has 0 aliphatic carbocycles. The molecule has 0 atom stereocenters. The van der Waals surface area contributed by atoms with Crippen LogP contribution in [0, 0.1) is 5.82 Å². The second-order valence-corrected chi connectivity index (χ2v) is 3.67. The van der Waals surface area contributed by atoms with Crippen LogP contribution in [-0.4, -0.2) is 19.0 Å². The van der Waals surface area contributed by atoms with Gasteiger partial charge in [0.05, 0.1) is 11.6 Å². The van der Waals surface area contributed by atoms with Crippen molar-refractivity contribution in [1.82, 2.24) is 10.6 Å². The highest BCUT2D eigenvalue weighted by Crippen LogP contribution is 2.15. The zero-order valence-corrected chi connectivity index (χ0v) is 11.6. The van der Waals surface area contributed by atoms with E-state index >= 15 is 0 Å². The molecule has 3 nitrogen and oxygen atoms in total. The monoisotopic (exact) mass is 355 g/mol. The fourth-order valence-electron chi connectivity index (χ4n) is 1.35. The standard InChI is InChI=1S/C10H11ClFN3.HI/c11-8-2-1-7(5-9(8)12)6-15-10-13-3-4-14-10;/h1-2,5H,3-4,6H2,(H2,13,14,15);1H. The highest BCUT2D eigenvalue weighted by atomic mass is 127. The maximum atomic E-state index is 13.1. The molecule has 0 fully saturated rings. The minimum atomic E-state index is -0.391. The molecular formula is C10H12ClFIN3. The van der Waals surface area contributed by atoms with Gasteiger partial charge in [-0.25, -0.2) is 4.39 Å². The Hall–Kier alpha value is -0.560. The molecule has 1 heterocycles. The molecule has 1 aromatic rings. The van der Waals surface area contributed by atoms with E-state index in [1.807, 2.05) is 0 Å². The van der Waals surface area contributed by atoms with E-state index in [0.29, 0.717) is 6.54 Å². The van der Waals surface area contributed by atoms with Crippen molar-refractivity contribution < 1.29 is 4.39 Å². The van der Waals surface area contributed by atoms with Gasteiger partial charge in [0.1, 0.15) is 5.82 Å². The Morgan fingerprint density at radius 3 is 2.94 bits per heavy atom. The van der Waals surface area contributed by atoms with E-state index in [2.05, 4.69) is 15.6 Å². The van der Waals surface area contributed by atoms with Crippen LogP contribution < -0.4 is 10.6 Å². The summed E-state index contributed by atoms with van der Waals surface area (Å²) in [5.41, 5.74) is 0.841. The van der Waals surface area contributed by atoms with Gasteiger partial charge in [-0.3, -0.25) is 4.99 Å². The first-order valence-corrected chi connectivity index (χ1v) is 5.09. The zero-order valence-electron chi connectivity index (χ0n) is 8.46. The average Bonchev–Trinajstić information content (AvgIpc) is 2.73. The third-order valence-electron chi connectivity index (χ3n) is 2.12. The van der Waals surface area contributed by atoms with Crippen LogP contribution in [-0.2, 0) is 6.54 Å². The normalized spacial score (nSPS) is 13.8. The molecule has 0 amide bonds. The highest BCUT2D eigenvalue weighted by Gasteiger charge is 2.05. The van der Waals surface area contributed by atoms with Gasteiger partial charge in [0, 0.05) is 13.1 Å². The predicted octanol–water partition coefficient (Wildman–Crippen LogP) is 2.15. The minimum absolute atomic E-state index is 0. The van der Waals surface area contributed by atoms with Gasteiger partial charge in [-0.15, -0.1) is 24.0 Å². The molecule has 0 bridgehead atoms. The first-order valence-electron chi connectivity index (χ1n) is 4.72. The lowest BCUT2D eigenvalue weighted by molar-refractivity contribution is 0.625. The summed E-state index contributed by atoms with van der Waals surface area (Å²) in [6.45, 7) is 2.19. The molecule has 0 aromatic heterocycles. The second kappa shape index (κ2) is 6.24. The van der Waals surface area contributed by atoms with E-state index in [1.54, 1.807) is 12.1 Å². The molecule has 0 spiro atoms. The van der Waals surface area contributed by atoms with Crippen LogP contribution in [0.4, 0.5) is 4.39 Å². The van der Waals surface area contributed by atoms with Gasteiger partial charge in [-0.2, -0.15) is 0 Å². The van der Waals surface area contributed by atoms with E-state index in [1.165, 1.54) is 6.07 Å². The molecule has 1 aromatic carbocycles. The fraction of sp³-hybridized carbons (Fsp3) is 0.300. The Morgan fingerprint density at radius 2 is 2.31 bits per heavy atom. The highest BCUT2D eigenvalue weighted by molar-refractivity contribution is 14.0. The smallest absolute Gasteiger partial charge is 0.191 e. The largest absolute Gasteiger partial charge is 0.355 e. The van der Waals surface area contributed by atoms with E-state index in [0.717, 1.165) is 24.6 Å². The Labute approximate surface area is 115 Å². The van der Waals surface area contributed by atoms with Crippen molar-refractivity contribution in [1.29, 1.82) is 0 Å². The number of halogens is 3. The van der Waals surface area contributed by atoms with Crippen molar-refractivity contribution in [3.8, 4) is 0 Å². The second-order valence-electron chi connectivity index (χ2n) is 3.26. The lowest BCUT2D eigenvalue weighted by atomic mass is 10.2. The number of guanidine groups is 1. The third-order valence-corrected chi connectivity index (χ3v) is 2.42. The van der Waals surface area contributed by atoms with Crippen LogP contribution in [0.2, 0.25) is 5.02 Å². The summed E-state index contributed by atoms with van der Waals surface area (Å²) in [4.78, 5) is 4.17. The zero-order chi connectivity index (χ0) is 10.7. The summed E-state index contributed by atoms with van der Waals surface area (Å²) in [6.07, 6.45) is 0.